The van der Waals surface area contributed by atoms with E-state index in [4.69, 9.17) is 13.3 Å². The monoisotopic (exact) mass is 1720 g/mol. The number of fused-ring (bicyclic) bond motifs is 15. The fourth-order valence-electron chi connectivity index (χ4n) is 21.5. The van der Waals surface area contributed by atoms with E-state index >= 15 is 0 Å². The van der Waals surface area contributed by atoms with E-state index in [1.54, 1.807) is 0 Å². The van der Waals surface area contributed by atoms with Crippen LogP contribution in [0.15, 0.2) is 523 Å². The van der Waals surface area contributed by atoms with Gasteiger partial charge in [-0.05, 0) is 223 Å². The number of hydrogen-bond donors (Lipinski definition) is 0. The van der Waals surface area contributed by atoms with Gasteiger partial charge in [-0.25, -0.2) is 0 Å². The van der Waals surface area contributed by atoms with Crippen molar-refractivity contribution in [1.82, 2.24) is 0 Å². The molecule has 0 saturated heterocycles. The lowest BCUT2D eigenvalue weighted by Crippen LogP contribution is -1.93. The van der Waals surface area contributed by atoms with E-state index in [0.29, 0.717) is 0 Å². The minimum absolute atomic E-state index is 0.901. The summed E-state index contributed by atoms with van der Waals surface area (Å²) in [5, 5.41) is 21.7. The molecule has 630 valence electrons. The molecule has 0 saturated carbocycles. The Hall–Kier alpha value is -17.8. The van der Waals surface area contributed by atoms with E-state index < -0.39 is 0 Å². The minimum atomic E-state index is 0.901. The normalized spacial score (nSPS) is 11.6. The smallest absolute Gasteiger partial charge is 0.143 e. The molecule has 0 aliphatic rings. The Morgan fingerprint density at radius 2 is 0.333 bits per heavy atom. The molecule has 27 aromatic rings. The first-order valence-electron chi connectivity index (χ1n) is 46.3. The van der Waals surface area contributed by atoms with Crippen LogP contribution in [0.5, 0.6) is 0 Å². The Kier molecular flexibility index (Phi) is 20.0. The summed E-state index contributed by atoms with van der Waals surface area (Å²) in [4.78, 5) is 0. The van der Waals surface area contributed by atoms with E-state index in [9.17, 15) is 0 Å². The van der Waals surface area contributed by atoms with Crippen molar-refractivity contribution < 1.29 is 13.3 Å². The summed E-state index contributed by atoms with van der Waals surface area (Å²) in [5.74, 6) is 0. The maximum atomic E-state index is 6.68. The fourth-order valence-corrected chi connectivity index (χ4v) is 21.5. The lowest BCUT2D eigenvalue weighted by molar-refractivity contribution is 0.669. The van der Waals surface area contributed by atoms with E-state index in [2.05, 4.69) is 504 Å². The summed E-state index contributed by atoms with van der Waals surface area (Å²) in [6, 6.07) is 183. The van der Waals surface area contributed by atoms with Crippen molar-refractivity contribution in [3.63, 3.8) is 0 Å². The molecule has 0 atom stereocenters. The van der Waals surface area contributed by atoms with Crippen molar-refractivity contribution in [2.24, 2.45) is 0 Å². The summed E-state index contributed by atoms with van der Waals surface area (Å²) in [7, 11) is 0. The largest absolute Gasteiger partial charge is 0.456 e. The molecule has 0 aliphatic heterocycles. The molecule has 24 aromatic carbocycles. The highest BCUT2D eigenvalue weighted by Crippen LogP contribution is 2.55. The Balaban J connectivity index is 0.000000108. The maximum Gasteiger partial charge on any atom is 0.143 e. The van der Waals surface area contributed by atoms with Gasteiger partial charge in [0, 0.05) is 43.4 Å². The standard InChI is InChI=1S/3C44H28O/c1-3-15-29(16-4-1)31-19-7-8-20-33(31)41-34-21-9-11-23-36(34)42(37-24-12-10-22-35(37)41)38-26-14-28-40-43(38)39-27-13-25-32(44(39)45-40)30-17-5-2-6-18-30;1-3-15-29(16-4-1)31-27-39(44-38-25-13-14-26-40(38)45-41(44)28-31)43-36-23-11-9-21-34(36)42(35-22-10-12-24-37(35)43)33-20-8-7-19-32(33)30-17-5-2-6-18-30;1-3-15-29(16-4-1)31-19-7-8-20-33(31)41-34-21-9-11-23-36(34)42(37-24-12-10-22-35(37)41)39-28-27-32(30-17-5-2-6-18-30)44-43(39)38-25-13-14-26-40(38)45-44/h3*1-28H. The van der Waals surface area contributed by atoms with Gasteiger partial charge in [0.25, 0.3) is 0 Å². The highest BCUT2D eigenvalue weighted by Gasteiger charge is 2.29. The molecule has 0 unspecified atom stereocenters. The van der Waals surface area contributed by atoms with Gasteiger partial charge in [0.1, 0.15) is 33.5 Å². The topological polar surface area (TPSA) is 39.4 Å². The van der Waals surface area contributed by atoms with Crippen LogP contribution in [0.25, 0.3) is 264 Å². The third kappa shape index (κ3) is 13.7. The van der Waals surface area contributed by atoms with Crippen LogP contribution in [0, 0.1) is 0 Å². The van der Waals surface area contributed by atoms with E-state index in [1.807, 2.05) is 6.07 Å². The van der Waals surface area contributed by atoms with Gasteiger partial charge in [0.05, 0.1) is 0 Å². The third-order valence-electron chi connectivity index (χ3n) is 27.2. The Bertz CT molecular complexity index is 9100. The van der Waals surface area contributed by atoms with Crippen LogP contribution >= 0.6 is 0 Å². The highest BCUT2D eigenvalue weighted by molar-refractivity contribution is 6.31. The average molecular weight is 1720 g/mol. The van der Waals surface area contributed by atoms with Gasteiger partial charge < -0.3 is 13.3 Å². The first kappa shape index (κ1) is 79.4. The van der Waals surface area contributed by atoms with Crippen LogP contribution in [0.1, 0.15) is 0 Å². The minimum Gasteiger partial charge on any atom is -0.456 e. The van der Waals surface area contributed by atoms with E-state index in [0.717, 1.165) is 93.6 Å². The first-order valence-corrected chi connectivity index (χ1v) is 46.3. The Labute approximate surface area is 781 Å². The van der Waals surface area contributed by atoms with Crippen molar-refractivity contribution >= 4 is 130 Å². The lowest BCUT2D eigenvalue weighted by Gasteiger charge is -2.20. The molecular weight excluding hydrogens is 1630 g/mol. The van der Waals surface area contributed by atoms with E-state index in [-0.39, 0.29) is 0 Å². The highest BCUT2D eigenvalue weighted by atomic mass is 16.3. The molecule has 3 aromatic heterocycles. The molecule has 0 amide bonds. The lowest BCUT2D eigenvalue weighted by atomic mass is 9.82. The average Bonchev–Trinajstić information content (AvgIpc) is 1.70. The molecule has 3 nitrogen and oxygen atoms in total. The molecule has 27 rings (SSSR count). The van der Waals surface area contributed by atoms with Gasteiger partial charge in [-0.2, -0.15) is 0 Å². The second kappa shape index (κ2) is 33.9. The maximum absolute atomic E-state index is 6.68. The number of hydrogen-bond acceptors (Lipinski definition) is 3. The number of benzene rings is 24. The second-order valence-electron chi connectivity index (χ2n) is 34.8. The number of furan rings is 3. The van der Waals surface area contributed by atoms with Crippen LogP contribution in [-0.4, -0.2) is 0 Å². The molecule has 0 fully saturated rings. The van der Waals surface area contributed by atoms with Crippen molar-refractivity contribution in [1.29, 1.82) is 0 Å². The quantitative estimate of drug-likeness (QED) is 0.114. The van der Waals surface area contributed by atoms with Gasteiger partial charge in [-0.1, -0.05) is 473 Å². The number of rotatable bonds is 12. The van der Waals surface area contributed by atoms with Gasteiger partial charge in [-0.15, -0.1) is 0 Å². The molecule has 135 heavy (non-hydrogen) atoms. The Morgan fingerprint density at radius 1 is 0.104 bits per heavy atom. The summed E-state index contributed by atoms with van der Waals surface area (Å²) in [5.41, 5.74) is 34.4. The van der Waals surface area contributed by atoms with Crippen LogP contribution in [0.3, 0.4) is 0 Å². The van der Waals surface area contributed by atoms with Crippen molar-refractivity contribution in [2.45, 2.75) is 0 Å². The number of para-hydroxylation sites is 3. The molecule has 0 bridgehead atoms. The van der Waals surface area contributed by atoms with Gasteiger partial charge in [-0.3, -0.25) is 0 Å². The zero-order valence-corrected chi connectivity index (χ0v) is 73.7. The molecule has 0 N–H and O–H groups in total. The third-order valence-corrected chi connectivity index (χ3v) is 27.2. The zero-order valence-electron chi connectivity index (χ0n) is 73.7. The molecule has 3 heterocycles. The van der Waals surface area contributed by atoms with Crippen LogP contribution in [-0.2, 0) is 0 Å². The summed E-state index contributed by atoms with van der Waals surface area (Å²) >= 11 is 0. The summed E-state index contributed by atoms with van der Waals surface area (Å²) < 4.78 is 19.9. The van der Waals surface area contributed by atoms with Gasteiger partial charge in [0.2, 0.25) is 0 Å². The van der Waals surface area contributed by atoms with Crippen molar-refractivity contribution in [2.75, 3.05) is 0 Å². The predicted octanol–water partition coefficient (Wildman–Crippen LogP) is 37.7. The molecule has 0 radical (unpaired) electrons. The summed E-state index contributed by atoms with van der Waals surface area (Å²) in [6.45, 7) is 0. The molecule has 3 heteroatoms. The first-order chi connectivity index (χ1) is 67.1. The molecule has 0 spiro atoms. The van der Waals surface area contributed by atoms with Crippen LogP contribution in [0.4, 0.5) is 0 Å². The SMILES string of the molecule is c1ccc(-c2cc(-c3c4ccccc4c(-c4ccccc4-c4ccccc4)c4ccccc34)c3c(c2)oc2ccccc23)cc1.c1ccc(-c2ccccc2-c2c3ccccc3c(-c3ccc(-c4ccccc4)c4oc5ccccc5c34)c3ccccc23)cc1.c1ccc(-c2ccccc2-c2c3ccccc3c(-c3cccc4oc5c(-c6ccccc6)cccc5c34)c3ccccc23)cc1. The van der Waals surface area contributed by atoms with Crippen LogP contribution < -0.4 is 0 Å². The predicted molar refractivity (Wildman–Crippen MR) is 571 cm³/mol. The van der Waals surface area contributed by atoms with Gasteiger partial charge >= 0.3 is 0 Å². The van der Waals surface area contributed by atoms with Gasteiger partial charge in [0.15, 0.2) is 0 Å². The van der Waals surface area contributed by atoms with Crippen LogP contribution in [0.2, 0.25) is 0 Å². The Morgan fingerprint density at radius 3 is 0.719 bits per heavy atom. The second-order valence-corrected chi connectivity index (χ2v) is 34.8. The van der Waals surface area contributed by atoms with E-state index in [1.165, 1.54) is 170 Å². The summed E-state index contributed by atoms with van der Waals surface area (Å²) in [6.07, 6.45) is 0. The molecule has 0 aliphatic carbocycles. The zero-order chi connectivity index (χ0) is 89.2. The fraction of sp³-hybridized carbons (Fsp3) is 0. The van der Waals surface area contributed by atoms with Crippen molar-refractivity contribution in [3.05, 3.63) is 510 Å². The molecular formula is C132H84O3. The van der Waals surface area contributed by atoms with Crippen molar-refractivity contribution in [3.8, 4) is 134 Å².